The molecule has 2 heterocycles. The molecule has 55 heavy (non-hydrogen) atoms. The van der Waals surface area contributed by atoms with E-state index in [1.54, 1.807) is 0 Å². The molecule has 8 aromatic carbocycles. The van der Waals surface area contributed by atoms with Crippen LogP contribution in [0.1, 0.15) is 0 Å². The van der Waals surface area contributed by atoms with Gasteiger partial charge in [-0.25, -0.2) is 15.0 Å². The van der Waals surface area contributed by atoms with Gasteiger partial charge in [-0.15, -0.1) is 0 Å². The van der Waals surface area contributed by atoms with E-state index >= 15 is 0 Å². The van der Waals surface area contributed by atoms with Gasteiger partial charge in [0.25, 0.3) is 0 Å². The monoisotopic (exact) mass is 703 g/mol. The molecule has 0 radical (unpaired) electrons. The maximum atomic E-state index is 6.43. The number of fused-ring (bicyclic) bond motifs is 3. The van der Waals surface area contributed by atoms with Crippen molar-refractivity contribution in [2.24, 2.45) is 0 Å². The fourth-order valence-electron chi connectivity index (χ4n) is 7.23. The molecule has 2 aromatic heterocycles. The maximum absolute atomic E-state index is 6.43. The van der Waals surface area contributed by atoms with Gasteiger partial charge in [0.15, 0.2) is 17.5 Å². The van der Waals surface area contributed by atoms with E-state index in [9.17, 15) is 0 Å². The van der Waals surface area contributed by atoms with Crippen LogP contribution in [0.15, 0.2) is 205 Å². The molecule has 258 valence electrons. The quantitative estimate of drug-likeness (QED) is 0.166. The average Bonchev–Trinajstić information content (AvgIpc) is 3.65. The highest BCUT2D eigenvalue weighted by Crippen LogP contribution is 2.36. The van der Waals surface area contributed by atoms with Crippen LogP contribution in [0.2, 0.25) is 0 Å². The van der Waals surface area contributed by atoms with Gasteiger partial charge in [-0.2, -0.15) is 0 Å². The lowest BCUT2D eigenvalue weighted by molar-refractivity contribution is 0.669. The van der Waals surface area contributed by atoms with Crippen molar-refractivity contribution in [1.82, 2.24) is 15.0 Å². The fourth-order valence-corrected chi connectivity index (χ4v) is 7.23. The number of hydrogen-bond donors (Lipinski definition) is 0. The van der Waals surface area contributed by atoms with Crippen molar-refractivity contribution in [3.63, 3.8) is 0 Å². The number of furan rings is 1. The third-order valence-corrected chi connectivity index (χ3v) is 10.2. The van der Waals surface area contributed by atoms with Gasteiger partial charge in [-0.1, -0.05) is 176 Å². The van der Waals surface area contributed by atoms with E-state index in [1.165, 1.54) is 22.3 Å². The predicted octanol–water partition coefficient (Wildman–Crippen LogP) is 13.4. The number of nitrogens with zero attached hydrogens (tertiary/aromatic N) is 3. The summed E-state index contributed by atoms with van der Waals surface area (Å²) in [5.74, 6) is 1.82. The Morgan fingerprint density at radius 2 is 0.582 bits per heavy atom. The molecule has 0 aliphatic carbocycles. The number of hydrogen-bond acceptors (Lipinski definition) is 4. The van der Waals surface area contributed by atoms with Crippen LogP contribution in [0.5, 0.6) is 0 Å². The highest BCUT2D eigenvalue weighted by Gasteiger charge is 2.16. The van der Waals surface area contributed by atoms with Gasteiger partial charge in [0, 0.05) is 27.5 Å². The zero-order valence-corrected chi connectivity index (χ0v) is 29.8. The van der Waals surface area contributed by atoms with Gasteiger partial charge in [-0.3, -0.25) is 0 Å². The van der Waals surface area contributed by atoms with Crippen LogP contribution < -0.4 is 0 Å². The Morgan fingerprint density at radius 1 is 0.236 bits per heavy atom. The molecule has 0 amide bonds. The molecule has 0 saturated carbocycles. The molecule has 0 N–H and O–H groups in total. The molecule has 4 nitrogen and oxygen atoms in total. The van der Waals surface area contributed by atoms with Gasteiger partial charge >= 0.3 is 0 Å². The van der Waals surface area contributed by atoms with Gasteiger partial charge < -0.3 is 4.42 Å². The molecule has 10 rings (SSSR count). The van der Waals surface area contributed by atoms with Gasteiger partial charge in [0.05, 0.1) is 0 Å². The number of rotatable bonds is 7. The summed E-state index contributed by atoms with van der Waals surface area (Å²) in [5, 5.41) is 2.12. The van der Waals surface area contributed by atoms with Crippen LogP contribution in [0, 0.1) is 0 Å². The second-order valence-electron chi connectivity index (χ2n) is 13.7. The maximum Gasteiger partial charge on any atom is 0.164 e. The van der Waals surface area contributed by atoms with E-state index in [2.05, 4.69) is 152 Å². The van der Waals surface area contributed by atoms with E-state index in [0.29, 0.717) is 17.5 Å². The fraction of sp³-hybridized carbons (Fsp3) is 0. The standard InChI is InChI=1S/C51H33N3O/c1-4-10-34(11-5-1)36-16-18-38(19-17-36)39-24-26-42(27-25-39)50-52-49(41-14-8-3-9-15-41)53-51(54-50)44-28-30-45-46-32-43(29-31-47(46)55-48(45)33-44)40-22-20-37(21-23-40)35-12-6-2-7-13-35/h1-33H. The zero-order valence-electron chi connectivity index (χ0n) is 29.8. The summed E-state index contributed by atoms with van der Waals surface area (Å²) >= 11 is 0. The second-order valence-corrected chi connectivity index (χ2v) is 13.7. The van der Waals surface area contributed by atoms with Crippen molar-refractivity contribution in [1.29, 1.82) is 0 Å². The minimum absolute atomic E-state index is 0.589. The minimum Gasteiger partial charge on any atom is -0.456 e. The Hall–Kier alpha value is -7.43. The lowest BCUT2D eigenvalue weighted by atomic mass is 9.99. The predicted molar refractivity (Wildman–Crippen MR) is 225 cm³/mol. The first-order valence-corrected chi connectivity index (χ1v) is 18.4. The van der Waals surface area contributed by atoms with Gasteiger partial charge in [-0.05, 0) is 68.8 Å². The molecular formula is C51H33N3O. The van der Waals surface area contributed by atoms with Crippen molar-refractivity contribution in [3.8, 4) is 78.7 Å². The van der Waals surface area contributed by atoms with Crippen LogP contribution >= 0.6 is 0 Å². The molecule has 0 bridgehead atoms. The normalized spacial score (nSPS) is 11.3. The Bertz CT molecular complexity index is 2920. The lowest BCUT2D eigenvalue weighted by Gasteiger charge is -2.09. The Kier molecular flexibility index (Phi) is 8.12. The third-order valence-electron chi connectivity index (χ3n) is 10.2. The topological polar surface area (TPSA) is 51.8 Å². The van der Waals surface area contributed by atoms with E-state index in [0.717, 1.165) is 60.9 Å². The molecule has 0 saturated heterocycles. The molecular weight excluding hydrogens is 671 g/mol. The second kappa shape index (κ2) is 13.8. The summed E-state index contributed by atoms with van der Waals surface area (Å²) < 4.78 is 6.43. The van der Waals surface area contributed by atoms with Crippen LogP contribution in [-0.4, -0.2) is 15.0 Å². The first-order valence-electron chi connectivity index (χ1n) is 18.4. The number of aromatic nitrogens is 3. The summed E-state index contributed by atoms with van der Waals surface area (Å²) in [4.78, 5) is 15.0. The number of benzene rings is 8. The summed E-state index contributed by atoms with van der Waals surface area (Å²) in [7, 11) is 0. The van der Waals surface area contributed by atoms with Gasteiger partial charge in [0.1, 0.15) is 11.2 Å². The van der Waals surface area contributed by atoms with Crippen LogP contribution in [0.4, 0.5) is 0 Å². The molecule has 0 aliphatic rings. The average molecular weight is 704 g/mol. The Morgan fingerprint density at radius 3 is 1.07 bits per heavy atom. The summed E-state index contributed by atoms with van der Waals surface area (Å²) in [6.45, 7) is 0. The van der Waals surface area contributed by atoms with Crippen molar-refractivity contribution in [2.45, 2.75) is 0 Å². The summed E-state index contributed by atoms with van der Waals surface area (Å²) in [5.41, 5.74) is 13.7. The SMILES string of the molecule is c1ccc(-c2ccc(-c3ccc(-c4nc(-c5ccccc5)nc(-c5ccc6c(c5)oc5ccc(-c7ccc(-c8ccccc8)cc7)cc56)n4)cc3)cc2)cc1. The summed E-state index contributed by atoms with van der Waals surface area (Å²) in [6.07, 6.45) is 0. The molecule has 10 aromatic rings. The first-order chi connectivity index (χ1) is 27.2. The zero-order chi connectivity index (χ0) is 36.6. The Labute approximate surface area is 319 Å². The van der Waals surface area contributed by atoms with Crippen LogP contribution in [0.3, 0.4) is 0 Å². The largest absolute Gasteiger partial charge is 0.456 e. The van der Waals surface area contributed by atoms with E-state index in [4.69, 9.17) is 19.4 Å². The van der Waals surface area contributed by atoms with E-state index in [-0.39, 0.29) is 0 Å². The van der Waals surface area contributed by atoms with Crippen LogP contribution in [-0.2, 0) is 0 Å². The van der Waals surface area contributed by atoms with Crippen LogP contribution in [0.25, 0.3) is 101 Å². The molecule has 0 unspecified atom stereocenters. The van der Waals surface area contributed by atoms with Crippen molar-refractivity contribution >= 4 is 21.9 Å². The van der Waals surface area contributed by atoms with Crippen molar-refractivity contribution < 1.29 is 4.42 Å². The molecule has 0 atom stereocenters. The molecule has 4 heteroatoms. The molecule has 0 fully saturated rings. The highest BCUT2D eigenvalue weighted by atomic mass is 16.3. The van der Waals surface area contributed by atoms with E-state index < -0.39 is 0 Å². The lowest BCUT2D eigenvalue weighted by Crippen LogP contribution is -2.00. The first kappa shape index (κ1) is 32.2. The highest BCUT2D eigenvalue weighted by molar-refractivity contribution is 6.07. The minimum atomic E-state index is 0.589. The van der Waals surface area contributed by atoms with Gasteiger partial charge in [0.2, 0.25) is 0 Å². The Balaban J connectivity index is 0.981. The van der Waals surface area contributed by atoms with E-state index in [1.807, 2.05) is 48.5 Å². The summed E-state index contributed by atoms with van der Waals surface area (Å²) in [6, 6.07) is 69.4. The molecule has 0 spiro atoms. The van der Waals surface area contributed by atoms with Crippen molar-refractivity contribution in [2.75, 3.05) is 0 Å². The third kappa shape index (κ3) is 6.36. The smallest absolute Gasteiger partial charge is 0.164 e. The molecule has 0 aliphatic heterocycles. The van der Waals surface area contributed by atoms with Crippen molar-refractivity contribution in [3.05, 3.63) is 200 Å².